The van der Waals surface area contributed by atoms with Crippen LogP contribution in [0, 0.1) is 0 Å². The van der Waals surface area contributed by atoms with Crippen molar-refractivity contribution in [2.75, 3.05) is 13.6 Å². The molecule has 2 nitrogen and oxygen atoms in total. The number of likely N-dealkylation sites (tertiary alicyclic amines) is 1. The Hall–Kier alpha value is -0.290. The lowest BCUT2D eigenvalue weighted by Gasteiger charge is -2.41. The first-order valence-electron chi connectivity index (χ1n) is 4.25. The van der Waals surface area contributed by atoms with E-state index in [0.29, 0.717) is 0 Å². The molecule has 1 heterocycles. The van der Waals surface area contributed by atoms with Crippen molar-refractivity contribution in [1.82, 2.24) is 4.90 Å². The normalized spacial score (nSPS) is 37.8. The molecule has 0 radical (unpaired) electrons. The number of rotatable bonds is 0. The van der Waals surface area contributed by atoms with Gasteiger partial charge in [-0.1, -0.05) is 0 Å². The third-order valence-electron chi connectivity index (χ3n) is 2.79. The van der Waals surface area contributed by atoms with Gasteiger partial charge in [-0.05, 0) is 20.4 Å². The molecule has 78 valence electrons. The van der Waals surface area contributed by atoms with Gasteiger partial charge < -0.3 is 10.0 Å². The number of alkyl halides is 3. The van der Waals surface area contributed by atoms with Crippen LogP contribution in [0.15, 0.2) is 0 Å². The fourth-order valence-electron chi connectivity index (χ4n) is 1.59. The van der Waals surface area contributed by atoms with Crippen LogP contribution in [0.3, 0.4) is 0 Å². The van der Waals surface area contributed by atoms with Crippen LogP contribution >= 0.6 is 0 Å². The van der Waals surface area contributed by atoms with E-state index in [-0.39, 0.29) is 25.4 Å². The molecule has 1 aliphatic heterocycles. The highest BCUT2D eigenvalue weighted by Crippen LogP contribution is 2.39. The summed E-state index contributed by atoms with van der Waals surface area (Å²) in [5, 5.41) is 9.34. The van der Waals surface area contributed by atoms with Crippen LogP contribution in [0.2, 0.25) is 0 Å². The van der Waals surface area contributed by atoms with Gasteiger partial charge in [0.2, 0.25) is 0 Å². The Morgan fingerprint density at radius 3 is 2.38 bits per heavy atom. The molecule has 0 aromatic rings. The molecular weight excluding hydrogens is 183 g/mol. The fraction of sp³-hybridized carbons (Fsp3) is 1.00. The molecule has 1 aliphatic rings. The minimum Gasteiger partial charge on any atom is -0.380 e. The predicted molar refractivity (Wildman–Crippen MR) is 42.3 cm³/mol. The standard InChI is InChI=1S/C8H14F3NO/c1-6-5-7(13,8(9,10)11)3-4-12(6)2/h6,13H,3-5H2,1-2H3. The average Bonchev–Trinajstić information content (AvgIpc) is 1.95. The van der Waals surface area contributed by atoms with Crippen LogP contribution in [0.5, 0.6) is 0 Å². The highest BCUT2D eigenvalue weighted by atomic mass is 19.4. The summed E-state index contributed by atoms with van der Waals surface area (Å²) in [5.74, 6) is 0. The smallest absolute Gasteiger partial charge is 0.380 e. The van der Waals surface area contributed by atoms with Gasteiger partial charge in [-0.3, -0.25) is 0 Å². The highest BCUT2D eigenvalue weighted by molar-refractivity contribution is 4.94. The van der Waals surface area contributed by atoms with E-state index >= 15 is 0 Å². The lowest BCUT2D eigenvalue weighted by atomic mass is 9.87. The quantitative estimate of drug-likeness (QED) is 0.634. The topological polar surface area (TPSA) is 23.5 Å². The van der Waals surface area contributed by atoms with Gasteiger partial charge in [-0.25, -0.2) is 0 Å². The van der Waals surface area contributed by atoms with Crippen molar-refractivity contribution in [3.63, 3.8) is 0 Å². The van der Waals surface area contributed by atoms with Gasteiger partial charge in [-0.15, -0.1) is 0 Å². The first-order valence-corrected chi connectivity index (χ1v) is 4.25. The van der Waals surface area contributed by atoms with E-state index in [9.17, 15) is 18.3 Å². The van der Waals surface area contributed by atoms with E-state index in [1.807, 2.05) is 4.90 Å². The van der Waals surface area contributed by atoms with Gasteiger partial charge in [0.05, 0.1) is 0 Å². The van der Waals surface area contributed by atoms with E-state index in [1.54, 1.807) is 14.0 Å². The molecule has 0 aromatic heterocycles. The molecule has 1 saturated heterocycles. The zero-order valence-electron chi connectivity index (χ0n) is 7.73. The Kier molecular flexibility index (Phi) is 2.60. The van der Waals surface area contributed by atoms with Gasteiger partial charge >= 0.3 is 6.18 Å². The van der Waals surface area contributed by atoms with E-state index in [0.717, 1.165) is 0 Å². The third-order valence-corrected chi connectivity index (χ3v) is 2.79. The minimum absolute atomic E-state index is 0.222. The van der Waals surface area contributed by atoms with Gasteiger partial charge in [0.25, 0.3) is 0 Å². The average molecular weight is 197 g/mol. The molecule has 0 spiro atoms. The summed E-state index contributed by atoms with van der Waals surface area (Å²) in [7, 11) is 1.76. The minimum atomic E-state index is -4.50. The molecule has 2 atom stereocenters. The lowest BCUT2D eigenvalue weighted by molar-refractivity contribution is -0.276. The summed E-state index contributed by atoms with van der Waals surface area (Å²) in [4.78, 5) is 1.82. The number of halogens is 3. The first-order chi connectivity index (χ1) is 5.76. The second kappa shape index (κ2) is 3.13. The molecule has 1 rings (SSSR count). The van der Waals surface area contributed by atoms with Crippen molar-refractivity contribution in [3.8, 4) is 0 Å². The van der Waals surface area contributed by atoms with Crippen LogP contribution in [-0.2, 0) is 0 Å². The maximum atomic E-state index is 12.4. The van der Waals surface area contributed by atoms with Crippen molar-refractivity contribution in [2.45, 2.75) is 37.6 Å². The molecule has 5 heteroatoms. The molecular formula is C8H14F3NO. The first kappa shape index (κ1) is 10.8. The Labute approximate surface area is 75.3 Å². The van der Waals surface area contributed by atoms with E-state index < -0.39 is 11.8 Å². The predicted octanol–water partition coefficient (Wildman–Crippen LogP) is 1.39. The Balaban J connectivity index is 2.73. The molecule has 2 unspecified atom stereocenters. The summed E-state index contributed by atoms with van der Waals surface area (Å²) in [6.07, 6.45) is -4.95. The van der Waals surface area contributed by atoms with Gasteiger partial charge in [0, 0.05) is 19.0 Å². The van der Waals surface area contributed by atoms with Crippen molar-refractivity contribution >= 4 is 0 Å². The maximum Gasteiger partial charge on any atom is 0.417 e. The molecule has 0 bridgehead atoms. The van der Waals surface area contributed by atoms with Crippen LogP contribution in [0.4, 0.5) is 13.2 Å². The summed E-state index contributed by atoms with van der Waals surface area (Å²) in [6.45, 7) is 1.98. The largest absolute Gasteiger partial charge is 0.417 e. The van der Waals surface area contributed by atoms with Crippen LogP contribution in [0.1, 0.15) is 19.8 Å². The maximum absolute atomic E-state index is 12.4. The van der Waals surface area contributed by atoms with Gasteiger partial charge in [0.15, 0.2) is 5.60 Å². The van der Waals surface area contributed by atoms with Crippen molar-refractivity contribution in [2.24, 2.45) is 0 Å². The summed E-state index contributed by atoms with van der Waals surface area (Å²) < 4.78 is 37.1. The number of aliphatic hydroxyl groups is 1. The van der Waals surface area contributed by atoms with Crippen LogP contribution < -0.4 is 0 Å². The lowest BCUT2D eigenvalue weighted by Crippen LogP contribution is -2.55. The number of nitrogens with zero attached hydrogens (tertiary/aromatic N) is 1. The van der Waals surface area contributed by atoms with Gasteiger partial charge in [0.1, 0.15) is 0 Å². The van der Waals surface area contributed by atoms with E-state index in [2.05, 4.69) is 0 Å². The Bertz CT molecular complexity index is 194. The van der Waals surface area contributed by atoms with Crippen molar-refractivity contribution in [1.29, 1.82) is 0 Å². The van der Waals surface area contributed by atoms with Crippen molar-refractivity contribution in [3.05, 3.63) is 0 Å². The molecule has 0 saturated carbocycles. The molecule has 0 aliphatic carbocycles. The zero-order chi connectivity index (χ0) is 10.3. The second-order valence-electron chi connectivity index (χ2n) is 3.81. The van der Waals surface area contributed by atoms with Crippen LogP contribution in [0.25, 0.3) is 0 Å². The monoisotopic (exact) mass is 197 g/mol. The van der Waals surface area contributed by atoms with E-state index in [4.69, 9.17) is 0 Å². The highest BCUT2D eigenvalue weighted by Gasteiger charge is 2.55. The Morgan fingerprint density at radius 1 is 1.46 bits per heavy atom. The van der Waals surface area contributed by atoms with Crippen LogP contribution in [-0.4, -0.2) is 41.4 Å². The number of hydrogen-bond donors (Lipinski definition) is 1. The van der Waals surface area contributed by atoms with Crippen molar-refractivity contribution < 1.29 is 18.3 Å². The molecule has 1 N–H and O–H groups in total. The Morgan fingerprint density at radius 2 is 2.00 bits per heavy atom. The number of piperidine rings is 1. The zero-order valence-corrected chi connectivity index (χ0v) is 7.73. The summed E-state index contributed by atoms with van der Waals surface area (Å²) in [5.41, 5.74) is -2.47. The third kappa shape index (κ3) is 1.96. The fourth-order valence-corrected chi connectivity index (χ4v) is 1.59. The second-order valence-corrected chi connectivity index (χ2v) is 3.81. The molecule has 1 fully saturated rings. The SMILES string of the molecule is CC1CC(O)(C(F)(F)F)CCN1C. The molecule has 0 aromatic carbocycles. The summed E-state index contributed by atoms with van der Waals surface area (Å²) >= 11 is 0. The molecule has 0 amide bonds. The number of hydrogen-bond acceptors (Lipinski definition) is 2. The molecule has 13 heavy (non-hydrogen) atoms. The van der Waals surface area contributed by atoms with Gasteiger partial charge in [-0.2, -0.15) is 13.2 Å². The van der Waals surface area contributed by atoms with E-state index in [1.165, 1.54) is 0 Å². The summed E-state index contributed by atoms with van der Waals surface area (Å²) in [6, 6.07) is -0.222.